The minimum absolute atomic E-state index is 0.221. The van der Waals surface area contributed by atoms with Crippen molar-refractivity contribution in [1.82, 2.24) is 5.32 Å². The highest BCUT2D eigenvalue weighted by atomic mass is 16.5. The van der Waals surface area contributed by atoms with Crippen molar-refractivity contribution < 1.29 is 13.9 Å². The maximum Gasteiger partial charge on any atom is 0.406 e. The Bertz CT molecular complexity index is 557. The van der Waals surface area contributed by atoms with Crippen LogP contribution >= 0.6 is 0 Å². The van der Waals surface area contributed by atoms with Gasteiger partial charge in [-0.3, -0.25) is 0 Å². The van der Waals surface area contributed by atoms with Crippen molar-refractivity contribution in [3.63, 3.8) is 0 Å². The van der Waals surface area contributed by atoms with Gasteiger partial charge in [-0.05, 0) is 6.07 Å². The Morgan fingerprint density at radius 2 is 2.11 bits per heavy atom. The molecule has 0 saturated heterocycles. The number of benzene rings is 1. The molecular weight excluding hydrogens is 230 g/mol. The number of alkyl carbamates (subject to hydrolysis) is 1. The second-order valence-corrected chi connectivity index (χ2v) is 4.87. The lowest BCUT2D eigenvalue weighted by molar-refractivity contribution is 0.168. The summed E-state index contributed by atoms with van der Waals surface area (Å²) in [6, 6.07) is 7.87. The van der Waals surface area contributed by atoms with E-state index in [0.717, 1.165) is 16.5 Å². The summed E-state index contributed by atoms with van der Waals surface area (Å²) in [4.78, 5) is 11.1. The van der Waals surface area contributed by atoms with Gasteiger partial charge in [0.1, 0.15) is 5.58 Å². The van der Waals surface area contributed by atoms with E-state index in [0.29, 0.717) is 6.54 Å². The molecule has 96 valence electrons. The van der Waals surface area contributed by atoms with Crippen molar-refractivity contribution in [3.05, 3.63) is 36.1 Å². The van der Waals surface area contributed by atoms with Crippen molar-refractivity contribution >= 4 is 17.1 Å². The Kier molecular flexibility index (Phi) is 3.28. The number of hydrogen-bond acceptors (Lipinski definition) is 3. The summed E-state index contributed by atoms with van der Waals surface area (Å²) in [6.45, 7) is 4.60. The summed E-state index contributed by atoms with van der Waals surface area (Å²) in [5.74, 6) is 0. The van der Waals surface area contributed by atoms with Gasteiger partial charge in [0.05, 0.1) is 13.4 Å². The van der Waals surface area contributed by atoms with E-state index >= 15 is 0 Å². The van der Waals surface area contributed by atoms with Crippen LogP contribution in [0.4, 0.5) is 4.79 Å². The van der Waals surface area contributed by atoms with E-state index in [-0.39, 0.29) is 5.41 Å². The van der Waals surface area contributed by atoms with Crippen LogP contribution in [0.15, 0.2) is 34.9 Å². The van der Waals surface area contributed by atoms with E-state index in [2.05, 4.69) is 23.9 Å². The highest BCUT2D eigenvalue weighted by molar-refractivity contribution is 5.82. The standard InChI is InChI=1S/C14H17NO3/c1-14(2,9-15-13(16)17-3)11-8-18-12-7-5-4-6-10(11)12/h4-8H,9H2,1-3H3,(H,15,16). The Morgan fingerprint density at radius 1 is 1.39 bits per heavy atom. The molecule has 1 amide bonds. The van der Waals surface area contributed by atoms with E-state index in [9.17, 15) is 4.79 Å². The first-order valence-corrected chi connectivity index (χ1v) is 5.83. The first-order chi connectivity index (χ1) is 8.54. The Hall–Kier alpha value is -1.97. The number of hydrogen-bond donors (Lipinski definition) is 1. The smallest absolute Gasteiger partial charge is 0.406 e. The Labute approximate surface area is 106 Å². The highest BCUT2D eigenvalue weighted by Gasteiger charge is 2.25. The summed E-state index contributed by atoms with van der Waals surface area (Å²) in [6.07, 6.45) is 1.33. The lowest BCUT2D eigenvalue weighted by Crippen LogP contribution is -2.36. The first-order valence-electron chi connectivity index (χ1n) is 5.83. The third-order valence-corrected chi connectivity index (χ3v) is 3.07. The van der Waals surface area contributed by atoms with Crippen LogP contribution in [0.1, 0.15) is 19.4 Å². The van der Waals surface area contributed by atoms with Gasteiger partial charge in [0.2, 0.25) is 0 Å². The minimum Gasteiger partial charge on any atom is -0.464 e. The first kappa shape index (κ1) is 12.5. The topological polar surface area (TPSA) is 51.5 Å². The van der Waals surface area contributed by atoms with Crippen molar-refractivity contribution in [1.29, 1.82) is 0 Å². The number of carbonyl (C=O) groups is 1. The molecule has 0 bridgehead atoms. The summed E-state index contributed by atoms with van der Waals surface area (Å²) in [7, 11) is 1.36. The second-order valence-electron chi connectivity index (χ2n) is 4.87. The molecule has 0 atom stereocenters. The zero-order valence-electron chi connectivity index (χ0n) is 10.8. The average molecular weight is 247 g/mol. The number of methoxy groups -OCH3 is 1. The van der Waals surface area contributed by atoms with Gasteiger partial charge in [-0.2, -0.15) is 0 Å². The molecule has 4 heteroatoms. The molecule has 0 aliphatic rings. The van der Waals surface area contributed by atoms with Crippen LogP contribution in [0.25, 0.3) is 11.0 Å². The van der Waals surface area contributed by atoms with Gasteiger partial charge in [-0.1, -0.05) is 32.0 Å². The fourth-order valence-electron chi connectivity index (χ4n) is 1.96. The van der Waals surface area contributed by atoms with Crippen molar-refractivity contribution in [2.45, 2.75) is 19.3 Å². The fourth-order valence-corrected chi connectivity index (χ4v) is 1.96. The van der Waals surface area contributed by atoms with Crippen molar-refractivity contribution in [3.8, 4) is 0 Å². The van der Waals surface area contributed by atoms with Gasteiger partial charge in [-0.15, -0.1) is 0 Å². The third-order valence-electron chi connectivity index (χ3n) is 3.07. The number of fused-ring (bicyclic) bond motifs is 1. The van der Waals surface area contributed by atoms with Crippen molar-refractivity contribution in [2.24, 2.45) is 0 Å². The molecular formula is C14H17NO3. The van der Waals surface area contributed by atoms with Crippen LogP contribution in [-0.2, 0) is 10.2 Å². The van der Waals surface area contributed by atoms with Crippen LogP contribution in [0.2, 0.25) is 0 Å². The van der Waals surface area contributed by atoms with Crippen LogP contribution in [0, 0.1) is 0 Å². The van der Waals surface area contributed by atoms with Gasteiger partial charge in [0.25, 0.3) is 0 Å². The number of amides is 1. The minimum atomic E-state index is -0.420. The summed E-state index contributed by atoms with van der Waals surface area (Å²) in [5.41, 5.74) is 1.72. The number of para-hydroxylation sites is 1. The van der Waals surface area contributed by atoms with E-state index in [1.165, 1.54) is 7.11 Å². The number of ether oxygens (including phenoxy) is 1. The predicted octanol–water partition coefficient (Wildman–Crippen LogP) is 3.07. The van der Waals surface area contributed by atoms with Gasteiger partial charge >= 0.3 is 6.09 Å². The molecule has 0 fully saturated rings. The Morgan fingerprint density at radius 3 is 2.83 bits per heavy atom. The van der Waals surface area contributed by atoms with Crippen LogP contribution < -0.4 is 5.32 Å². The van der Waals surface area contributed by atoms with Gasteiger partial charge in [0, 0.05) is 22.9 Å². The van der Waals surface area contributed by atoms with Crippen LogP contribution in [0.3, 0.4) is 0 Å². The fraction of sp³-hybridized carbons (Fsp3) is 0.357. The molecule has 0 radical (unpaired) electrons. The quantitative estimate of drug-likeness (QED) is 0.906. The number of furan rings is 1. The zero-order valence-corrected chi connectivity index (χ0v) is 10.8. The van der Waals surface area contributed by atoms with E-state index in [1.54, 1.807) is 6.26 Å². The zero-order chi connectivity index (χ0) is 13.2. The monoisotopic (exact) mass is 247 g/mol. The maximum absolute atomic E-state index is 11.1. The average Bonchev–Trinajstić information content (AvgIpc) is 2.80. The molecule has 0 unspecified atom stereocenters. The normalized spacial score (nSPS) is 11.5. The molecule has 2 rings (SSSR count). The van der Waals surface area contributed by atoms with Crippen molar-refractivity contribution in [2.75, 3.05) is 13.7 Å². The molecule has 18 heavy (non-hydrogen) atoms. The molecule has 1 N–H and O–H groups in total. The molecule has 0 aliphatic carbocycles. The number of nitrogens with one attached hydrogen (secondary N) is 1. The molecule has 4 nitrogen and oxygen atoms in total. The highest BCUT2D eigenvalue weighted by Crippen LogP contribution is 2.31. The maximum atomic E-state index is 11.1. The third kappa shape index (κ3) is 2.32. The van der Waals surface area contributed by atoms with E-state index < -0.39 is 6.09 Å². The Balaban J connectivity index is 2.26. The lowest BCUT2D eigenvalue weighted by atomic mass is 9.84. The molecule has 1 aromatic carbocycles. The molecule has 2 aromatic rings. The molecule has 0 saturated carbocycles. The summed E-state index contributed by atoms with van der Waals surface area (Å²) in [5, 5.41) is 3.80. The SMILES string of the molecule is COC(=O)NCC(C)(C)c1coc2ccccc12. The van der Waals surface area contributed by atoms with Crippen LogP contribution in [-0.4, -0.2) is 19.7 Å². The molecule has 0 aliphatic heterocycles. The number of carbonyl (C=O) groups excluding carboxylic acids is 1. The van der Waals surface area contributed by atoms with Gasteiger partial charge in [0.15, 0.2) is 0 Å². The van der Waals surface area contributed by atoms with E-state index in [4.69, 9.17) is 4.42 Å². The lowest BCUT2D eigenvalue weighted by Gasteiger charge is -2.23. The summed E-state index contributed by atoms with van der Waals surface area (Å²) >= 11 is 0. The van der Waals surface area contributed by atoms with Crippen LogP contribution in [0.5, 0.6) is 0 Å². The van der Waals surface area contributed by atoms with Gasteiger partial charge < -0.3 is 14.5 Å². The largest absolute Gasteiger partial charge is 0.464 e. The van der Waals surface area contributed by atoms with Gasteiger partial charge in [-0.25, -0.2) is 4.79 Å². The summed E-state index contributed by atoms with van der Waals surface area (Å²) < 4.78 is 10.1. The van der Waals surface area contributed by atoms with E-state index in [1.807, 2.05) is 24.3 Å². The molecule has 1 aromatic heterocycles. The second kappa shape index (κ2) is 4.72. The molecule has 0 spiro atoms. The molecule has 1 heterocycles. The number of rotatable bonds is 3. The predicted molar refractivity (Wildman–Crippen MR) is 69.6 cm³/mol.